The largest absolute Gasteiger partial charge is 0.314 e. The first-order valence-electron chi connectivity index (χ1n) is 7.02. The molecule has 1 aliphatic heterocycles. The van der Waals surface area contributed by atoms with Crippen LogP contribution in [-0.4, -0.2) is 37.5 Å². The van der Waals surface area contributed by atoms with E-state index in [2.05, 4.69) is 18.7 Å². The summed E-state index contributed by atoms with van der Waals surface area (Å²) in [5.41, 5.74) is 1.40. The van der Waals surface area contributed by atoms with Crippen molar-refractivity contribution in [3.05, 3.63) is 30.3 Å². The van der Waals surface area contributed by atoms with E-state index >= 15 is 0 Å². The average Bonchev–Trinajstić information content (AvgIpc) is 2.41. The van der Waals surface area contributed by atoms with Crippen molar-refractivity contribution in [2.45, 2.75) is 26.7 Å². The molecular formula is C16H24N2O. The highest BCUT2D eigenvalue weighted by Gasteiger charge is 2.26. The Morgan fingerprint density at radius 3 is 2.37 bits per heavy atom. The van der Waals surface area contributed by atoms with Gasteiger partial charge in [0.2, 0.25) is 5.91 Å². The molecule has 0 bridgehead atoms. The standard InChI is InChI=1S/C16H24N2O/c1-16(2)9-11-18(12-10-16)13-15(19)17(3)14-7-5-4-6-8-14/h4-8H,9-13H2,1-3H3. The maximum Gasteiger partial charge on any atom is 0.240 e. The van der Waals surface area contributed by atoms with Gasteiger partial charge in [-0.15, -0.1) is 0 Å². The quantitative estimate of drug-likeness (QED) is 0.834. The maximum atomic E-state index is 12.3. The first kappa shape index (κ1) is 14.1. The number of para-hydroxylation sites is 1. The van der Waals surface area contributed by atoms with Gasteiger partial charge in [-0.2, -0.15) is 0 Å². The molecule has 1 aromatic rings. The summed E-state index contributed by atoms with van der Waals surface area (Å²) in [6.45, 7) is 7.20. The van der Waals surface area contributed by atoms with Gasteiger partial charge in [-0.1, -0.05) is 32.0 Å². The molecule has 3 nitrogen and oxygen atoms in total. The SMILES string of the molecule is CN(C(=O)CN1CCC(C)(C)CC1)c1ccccc1. The van der Waals surface area contributed by atoms with Gasteiger partial charge in [0.05, 0.1) is 6.54 Å². The number of carbonyl (C=O) groups is 1. The van der Waals surface area contributed by atoms with Crippen molar-refractivity contribution in [1.29, 1.82) is 0 Å². The summed E-state index contributed by atoms with van der Waals surface area (Å²) in [5, 5.41) is 0. The van der Waals surface area contributed by atoms with Crippen LogP contribution in [0.25, 0.3) is 0 Å². The van der Waals surface area contributed by atoms with E-state index < -0.39 is 0 Å². The summed E-state index contributed by atoms with van der Waals surface area (Å²) >= 11 is 0. The van der Waals surface area contributed by atoms with E-state index in [9.17, 15) is 4.79 Å². The Balaban J connectivity index is 1.88. The molecule has 1 heterocycles. The van der Waals surface area contributed by atoms with Gasteiger partial charge in [0, 0.05) is 12.7 Å². The number of hydrogen-bond acceptors (Lipinski definition) is 2. The number of benzene rings is 1. The van der Waals surface area contributed by atoms with E-state index in [-0.39, 0.29) is 5.91 Å². The van der Waals surface area contributed by atoms with Crippen molar-refractivity contribution >= 4 is 11.6 Å². The first-order valence-corrected chi connectivity index (χ1v) is 7.02. The van der Waals surface area contributed by atoms with Gasteiger partial charge in [-0.05, 0) is 43.5 Å². The van der Waals surface area contributed by atoms with E-state index in [1.807, 2.05) is 37.4 Å². The van der Waals surface area contributed by atoms with Gasteiger partial charge in [-0.25, -0.2) is 0 Å². The third-order valence-electron chi connectivity index (χ3n) is 4.09. The molecule has 0 saturated carbocycles. The van der Waals surface area contributed by atoms with Crippen molar-refractivity contribution in [2.24, 2.45) is 5.41 Å². The van der Waals surface area contributed by atoms with Gasteiger partial charge in [0.25, 0.3) is 0 Å². The van der Waals surface area contributed by atoms with Crippen LogP contribution in [0.4, 0.5) is 5.69 Å². The van der Waals surface area contributed by atoms with Crippen molar-refractivity contribution in [3.8, 4) is 0 Å². The monoisotopic (exact) mass is 260 g/mol. The number of rotatable bonds is 3. The van der Waals surface area contributed by atoms with E-state index in [4.69, 9.17) is 0 Å². The van der Waals surface area contributed by atoms with Crippen LogP contribution < -0.4 is 4.90 Å². The molecule has 1 aliphatic rings. The summed E-state index contributed by atoms with van der Waals surface area (Å²) in [4.78, 5) is 16.3. The molecule has 0 aromatic heterocycles. The Morgan fingerprint density at radius 2 is 1.79 bits per heavy atom. The third-order valence-corrected chi connectivity index (χ3v) is 4.09. The Morgan fingerprint density at radius 1 is 1.21 bits per heavy atom. The van der Waals surface area contributed by atoms with Crippen LogP contribution in [0.2, 0.25) is 0 Å². The summed E-state index contributed by atoms with van der Waals surface area (Å²) in [5.74, 6) is 0.172. The van der Waals surface area contributed by atoms with Gasteiger partial charge < -0.3 is 4.90 Å². The number of hydrogen-bond donors (Lipinski definition) is 0. The van der Waals surface area contributed by atoms with Crippen molar-refractivity contribution in [3.63, 3.8) is 0 Å². The molecule has 1 amide bonds. The third kappa shape index (κ3) is 3.80. The number of piperidine rings is 1. The fraction of sp³-hybridized carbons (Fsp3) is 0.562. The van der Waals surface area contributed by atoms with Crippen molar-refractivity contribution in [1.82, 2.24) is 4.90 Å². The lowest BCUT2D eigenvalue weighted by Gasteiger charge is -2.37. The molecule has 0 aliphatic carbocycles. The Labute approximate surface area is 116 Å². The highest BCUT2D eigenvalue weighted by molar-refractivity contribution is 5.94. The first-order chi connectivity index (χ1) is 8.98. The summed E-state index contributed by atoms with van der Waals surface area (Å²) in [6.07, 6.45) is 2.35. The van der Waals surface area contributed by atoms with Crippen molar-refractivity contribution in [2.75, 3.05) is 31.6 Å². The fourth-order valence-corrected chi connectivity index (χ4v) is 2.41. The van der Waals surface area contributed by atoms with E-state index in [0.717, 1.165) is 18.8 Å². The second-order valence-electron chi connectivity index (χ2n) is 6.23. The molecule has 19 heavy (non-hydrogen) atoms. The van der Waals surface area contributed by atoms with Crippen LogP contribution >= 0.6 is 0 Å². The summed E-state index contributed by atoms with van der Waals surface area (Å²) in [6, 6.07) is 9.83. The average molecular weight is 260 g/mol. The molecular weight excluding hydrogens is 236 g/mol. The molecule has 2 rings (SSSR count). The van der Waals surface area contributed by atoms with Crippen LogP contribution in [0.15, 0.2) is 30.3 Å². The minimum absolute atomic E-state index is 0.172. The highest BCUT2D eigenvalue weighted by Crippen LogP contribution is 2.29. The lowest BCUT2D eigenvalue weighted by molar-refractivity contribution is -0.120. The minimum Gasteiger partial charge on any atom is -0.314 e. The highest BCUT2D eigenvalue weighted by atomic mass is 16.2. The van der Waals surface area contributed by atoms with Gasteiger partial charge in [0.15, 0.2) is 0 Å². The lowest BCUT2D eigenvalue weighted by atomic mass is 9.83. The zero-order valence-electron chi connectivity index (χ0n) is 12.2. The Bertz CT molecular complexity index is 418. The molecule has 3 heteroatoms. The number of anilines is 1. The molecule has 1 saturated heterocycles. The minimum atomic E-state index is 0.172. The molecule has 1 aromatic carbocycles. The van der Waals surface area contributed by atoms with Gasteiger partial charge in [0.1, 0.15) is 0 Å². The molecule has 0 radical (unpaired) electrons. The second kappa shape index (κ2) is 5.74. The van der Waals surface area contributed by atoms with Gasteiger partial charge in [-0.3, -0.25) is 9.69 Å². The van der Waals surface area contributed by atoms with Crippen LogP contribution in [-0.2, 0) is 4.79 Å². The molecule has 0 unspecified atom stereocenters. The molecule has 0 atom stereocenters. The number of likely N-dealkylation sites (tertiary alicyclic amines) is 1. The molecule has 0 spiro atoms. The van der Waals surface area contributed by atoms with Crippen molar-refractivity contribution < 1.29 is 4.79 Å². The molecule has 104 valence electrons. The fourth-order valence-electron chi connectivity index (χ4n) is 2.41. The zero-order chi connectivity index (χ0) is 13.9. The smallest absolute Gasteiger partial charge is 0.240 e. The maximum absolute atomic E-state index is 12.3. The van der Waals surface area contributed by atoms with E-state index in [0.29, 0.717) is 12.0 Å². The number of nitrogens with zero attached hydrogens (tertiary/aromatic N) is 2. The van der Waals surface area contributed by atoms with E-state index in [1.165, 1.54) is 12.8 Å². The van der Waals surface area contributed by atoms with Crippen LogP contribution in [0.5, 0.6) is 0 Å². The molecule has 0 N–H and O–H groups in total. The van der Waals surface area contributed by atoms with E-state index in [1.54, 1.807) is 4.90 Å². The summed E-state index contributed by atoms with van der Waals surface area (Å²) in [7, 11) is 1.85. The topological polar surface area (TPSA) is 23.6 Å². The number of likely N-dealkylation sites (N-methyl/N-ethyl adjacent to an activating group) is 1. The number of amides is 1. The number of carbonyl (C=O) groups excluding carboxylic acids is 1. The second-order valence-corrected chi connectivity index (χ2v) is 6.23. The molecule has 1 fully saturated rings. The van der Waals surface area contributed by atoms with Crippen LogP contribution in [0.1, 0.15) is 26.7 Å². The Hall–Kier alpha value is -1.35. The Kier molecular flexibility index (Phi) is 4.25. The van der Waals surface area contributed by atoms with Gasteiger partial charge >= 0.3 is 0 Å². The lowest BCUT2D eigenvalue weighted by Crippen LogP contribution is -2.43. The predicted molar refractivity (Wildman–Crippen MR) is 79.3 cm³/mol. The summed E-state index contributed by atoms with van der Waals surface area (Å²) < 4.78 is 0. The normalized spacial score (nSPS) is 19.1. The van der Waals surface area contributed by atoms with Crippen LogP contribution in [0.3, 0.4) is 0 Å². The zero-order valence-corrected chi connectivity index (χ0v) is 12.2. The predicted octanol–water partition coefficient (Wildman–Crippen LogP) is 2.77. The van der Waals surface area contributed by atoms with Crippen LogP contribution in [0, 0.1) is 5.41 Å².